The van der Waals surface area contributed by atoms with Crippen LogP contribution in [0.1, 0.15) is 30.7 Å². The second-order valence-corrected chi connectivity index (χ2v) is 10.8. The molecule has 1 aromatic heterocycles. The Kier molecular flexibility index (Phi) is 6.14. The van der Waals surface area contributed by atoms with E-state index < -0.39 is 10.0 Å². The summed E-state index contributed by atoms with van der Waals surface area (Å²) < 4.78 is 28.0. The summed E-state index contributed by atoms with van der Waals surface area (Å²) in [4.78, 5) is 17.1. The zero-order valence-electron chi connectivity index (χ0n) is 18.3. The number of pyridine rings is 1. The molecule has 3 N–H and O–H groups in total. The number of hydrogen-bond donors (Lipinski definition) is 3. The predicted octanol–water partition coefficient (Wildman–Crippen LogP) is 3.25. The molecule has 7 nitrogen and oxygen atoms in total. The fourth-order valence-electron chi connectivity index (χ4n) is 4.55. The van der Waals surface area contributed by atoms with E-state index in [1.807, 2.05) is 36.4 Å². The minimum atomic E-state index is -3.53. The van der Waals surface area contributed by atoms with Crippen LogP contribution in [0, 0.1) is 11.8 Å². The largest absolute Gasteiger partial charge is 0.326 e. The lowest BCUT2D eigenvalue weighted by atomic mass is 10.0. The maximum atomic E-state index is 12.7. The molecule has 3 atom stereocenters. The van der Waals surface area contributed by atoms with Gasteiger partial charge in [-0.3, -0.25) is 9.78 Å². The highest BCUT2D eigenvalue weighted by molar-refractivity contribution is 7.89. The van der Waals surface area contributed by atoms with Crippen LogP contribution in [0.25, 0.3) is 10.8 Å². The second kappa shape index (κ2) is 9.21. The van der Waals surface area contributed by atoms with Crippen LogP contribution in [0.2, 0.25) is 0 Å². The van der Waals surface area contributed by atoms with E-state index in [1.165, 1.54) is 0 Å². The summed E-state index contributed by atoms with van der Waals surface area (Å²) in [7, 11) is -3.53. The number of carbonyl (C=O) groups is 1. The molecule has 1 aliphatic heterocycles. The van der Waals surface area contributed by atoms with Crippen LogP contribution in [-0.2, 0) is 14.8 Å². The highest BCUT2D eigenvalue weighted by Crippen LogP contribution is 2.48. The summed E-state index contributed by atoms with van der Waals surface area (Å²) in [6, 6.07) is 14.6. The molecule has 1 saturated carbocycles. The van der Waals surface area contributed by atoms with Gasteiger partial charge in [-0.1, -0.05) is 18.2 Å². The fourth-order valence-corrected chi connectivity index (χ4v) is 5.67. The second-order valence-electron chi connectivity index (χ2n) is 9.01. The number of nitrogens with one attached hydrogen (secondary N) is 3. The third-order valence-corrected chi connectivity index (χ3v) is 8.05. The third-order valence-electron chi connectivity index (χ3n) is 6.61. The van der Waals surface area contributed by atoms with E-state index in [1.54, 1.807) is 24.5 Å². The van der Waals surface area contributed by atoms with Crippen LogP contribution in [0.3, 0.4) is 0 Å². The van der Waals surface area contributed by atoms with E-state index in [9.17, 15) is 13.2 Å². The molecule has 33 heavy (non-hydrogen) atoms. The van der Waals surface area contributed by atoms with Gasteiger partial charge in [0.05, 0.1) is 4.90 Å². The number of aromatic nitrogens is 1. The first-order valence-corrected chi connectivity index (χ1v) is 12.9. The number of benzene rings is 2. The van der Waals surface area contributed by atoms with E-state index in [-0.39, 0.29) is 22.6 Å². The molecule has 2 fully saturated rings. The van der Waals surface area contributed by atoms with E-state index in [2.05, 4.69) is 20.3 Å². The van der Waals surface area contributed by atoms with Gasteiger partial charge in [0.15, 0.2) is 0 Å². The van der Waals surface area contributed by atoms with Gasteiger partial charge in [-0.05, 0) is 85.5 Å². The van der Waals surface area contributed by atoms with Crippen LogP contribution in [0.4, 0.5) is 5.69 Å². The summed E-state index contributed by atoms with van der Waals surface area (Å²) >= 11 is 0. The molecule has 2 unspecified atom stereocenters. The number of hydrogen-bond acceptors (Lipinski definition) is 5. The number of carbonyl (C=O) groups excluding carboxylic acids is 1. The molecule has 0 radical (unpaired) electrons. The Bertz CT molecular complexity index is 1250. The third kappa shape index (κ3) is 5.08. The van der Waals surface area contributed by atoms with E-state index >= 15 is 0 Å². The molecule has 5 rings (SSSR count). The monoisotopic (exact) mass is 464 g/mol. The van der Waals surface area contributed by atoms with Gasteiger partial charge in [-0.25, -0.2) is 13.1 Å². The number of anilines is 1. The van der Waals surface area contributed by atoms with Crippen molar-refractivity contribution in [2.24, 2.45) is 11.8 Å². The predicted molar refractivity (Wildman–Crippen MR) is 128 cm³/mol. The molecule has 0 spiro atoms. The Balaban J connectivity index is 1.18. The molecular weight excluding hydrogens is 436 g/mol. The Labute approximate surface area is 194 Å². The van der Waals surface area contributed by atoms with Crippen molar-refractivity contribution in [3.63, 3.8) is 0 Å². The van der Waals surface area contributed by atoms with Crippen molar-refractivity contribution in [1.82, 2.24) is 15.0 Å². The van der Waals surface area contributed by atoms with Crippen molar-refractivity contribution in [1.29, 1.82) is 0 Å². The van der Waals surface area contributed by atoms with Crippen LogP contribution in [0.5, 0.6) is 0 Å². The smallest absolute Gasteiger partial charge is 0.240 e. The first-order valence-electron chi connectivity index (χ1n) is 11.4. The van der Waals surface area contributed by atoms with Gasteiger partial charge in [-0.15, -0.1) is 0 Å². The van der Waals surface area contributed by atoms with Crippen molar-refractivity contribution >= 4 is 32.4 Å². The summed E-state index contributed by atoms with van der Waals surface area (Å²) in [5, 5.41) is 8.37. The van der Waals surface area contributed by atoms with Gasteiger partial charge in [0.25, 0.3) is 0 Å². The van der Waals surface area contributed by atoms with Crippen molar-refractivity contribution in [3.8, 4) is 0 Å². The molecule has 2 heterocycles. The van der Waals surface area contributed by atoms with E-state index in [4.69, 9.17) is 0 Å². The highest BCUT2D eigenvalue weighted by Gasteiger charge is 2.44. The lowest BCUT2D eigenvalue weighted by Gasteiger charge is -2.22. The number of fused-ring (bicyclic) bond motifs is 1. The SMILES string of the molecule is O=C(Nc1ccc2cnccc2c1)C1CC1c1ccc(S(=O)(=O)NC[C@@H]2CCCNC2)cc1. The Morgan fingerprint density at radius 1 is 1.09 bits per heavy atom. The fraction of sp³-hybridized carbons (Fsp3) is 0.360. The lowest BCUT2D eigenvalue weighted by Crippen LogP contribution is -2.38. The van der Waals surface area contributed by atoms with Crippen LogP contribution < -0.4 is 15.4 Å². The molecule has 3 aromatic rings. The normalized spacial score (nSPS) is 22.7. The summed E-state index contributed by atoms with van der Waals surface area (Å²) in [5.41, 5.74) is 1.76. The summed E-state index contributed by atoms with van der Waals surface area (Å²) in [6.45, 7) is 2.31. The van der Waals surface area contributed by atoms with Gasteiger partial charge in [0.2, 0.25) is 15.9 Å². The van der Waals surface area contributed by atoms with E-state index in [0.29, 0.717) is 12.5 Å². The van der Waals surface area contributed by atoms with Gasteiger partial charge in [0, 0.05) is 35.9 Å². The minimum absolute atomic E-state index is 0.00661. The minimum Gasteiger partial charge on any atom is -0.326 e. The molecule has 1 aliphatic carbocycles. The Morgan fingerprint density at radius 3 is 2.73 bits per heavy atom. The Hall–Kier alpha value is -2.81. The summed E-state index contributed by atoms with van der Waals surface area (Å²) in [5.74, 6) is 0.343. The number of sulfonamides is 1. The number of nitrogens with zero attached hydrogens (tertiary/aromatic N) is 1. The average Bonchev–Trinajstić information content (AvgIpc) is 3.65. The zero-order valence-corrected chi connectivity index (χ0v) is 19.1. The zero-order chi connectivity index (χ0) is 22.8. The molecular formula is C25H28N4O3S. The van der Waals surface area contributed by atoms with Crippen molar-refractivity contribution in [3.05, 3.63) is 66.5 Å². The average molecular weight is 465 g/mol. The maximum Gasteiger partial charge on any atom is 0.240 e. The molecule has 2 aromatic carbocycles. The van der Waals surface area contributed by atoms with Crippen LogP contribution in [-0.4, -0.2) is 38.9 Å². The first kappa shape index (κ1) is 22.0. The Morgan fingerprint density at radius 2 is 1.94 bits per heavy atom. The maximum absolute atomic E-state index is 12.7. The van der Waals surface area contributed by atoms with E-state index in [0.717, 1.165) is 54.4 Å². The molecule has 1 saturated heterocycles. The molecule has 0 bridgehead atoms. The quantitative estimate of drug-likeness (QED) is 0.498. The number of rotatable bonds is 7. The molecule has 8 heteroatoms. The van der Waals surface area contributed by atoms with Crippen molar-refractivity contribution in [2.75, 3.05) is 25.0 Å². The van der Waals surface area contributed by atoms with Crippen LogP contribution >= 0.6 is 0 Å². The van der Waals surface area contributed by atoms with Crippen LogP contribution in [0.15, 0.2) is 65.8 Å². The molecule has 2 aliphatic rings. The molecule has 172 valence electrons. The first-order chi connectivity index (χ1) is 16.0. The van der Waals surface area contributed by atoms with Crippen molar-refractivity contribution < 1.29 is 13.2 Å². The topological polar surface area (TPSA) is 100 Å². The van der Waals surface area contributed by atoms with Gasteiger partial charge < -0.3 is 10.6 Å². The van der Waals surface area contributed by atoms with Crippen molar-refractivity contribution in [2.45, 2.75) is 30.1 Å². The lowest BCUT2D eigenvalue weighted by molar-refractivity contribution is -0.117. The molecule has 1 amide bonds. The van der Waals surface area contributed by atoms with Gasteiger partial charge >= 0.3 is 0 Å². The number of piperidine rings is 1. The standard InChI is InChI=1S/C25H28N4O3S/c30-25(29-21-6-3-20-16-27-11-9-19(20)12-21)24-13-23(24)18-4-7-22(8-5-18)33(31,32)28-15-17-2-1-10-26-14-17/h3-9,11-12,16-17,23-24,26,28H,1-2,10,13-15H2,(H,29,30)/t17-,23?,24?/m1/s1. The number of amides is 1. The van der Waals surface area contributed by atoms with Gasteiger partial charge in [-0.2, -0.15) is 0 Å². The van der Waals surface area contributed by atoms with Gasteiger partial charge in [0.1, 0.15) is 0 Å². The highest BCUT2D eigenvalue weighted by atomic mass is 32.2. The summed E-state index contributed by atoms with van der Waals surface area (Å²) in [6.07, 6.45) is 6.41.